The van der Waals surface area contributed by atoms with E-state index in [0.717, 1.165) is 38.3 Å². The van der Waals surface area contributed by atoms with E-state index in [2.05, 4.69) is 17.0 Å². The summed E-state index contributed by atoms with van der Waals surface area (Å²) in [5, 5.41) is 0. The first kappa shape index (κ1) is 12.0. The van der Waals surface area contributed by atoms with Crippen molar-refractivity contribution in [3.8, 4) is 0 Å². The molecular weight excluding hydrogens is 224 g/mol. The van der Waals surface area contributed by atoms with Crippen LogP contribution in [0.4, 0.5) is 5.69 Å². The Balaban J connectivity index is 1.63. The molecule has 1 aromatic rings. The summed E-state index contributed by atoms with van der Waals surface area (Å²) in [4.78, 5) is 2.51. The summed E-state index contributed by atoms with van der Waals surface area (Å²) in [6.07, 6.45) is 5.36. The summed E-state index contributed by atoms with van der Waals surface area (Å²) in [6.45, 7) is 4.20. The van der Waals surface area contributed by atoms with E-state index < -0.39 is 0 Å². The SMILES string of the molecule is Nc1ccc2c(c1)CN(CC1CCCCO1)CC2. The van der Waals surface area contributed by atoms with Crippen molar-refractivity contribution in [1.82, 2.24) is 4.90 Å². The highest BCUT2D eigenvalue weighted by Crippen LogP contribution is 2.23. The van der Waals surface area contributed by atoms with Gasteiger partial charge >= 0.3 is 0 Å². The van der Waals surface area contributed by atoms with Gasteiger partial charge in [0.2, 0.25) is 0 Å². The average molecular weight is 246 g/mol. The molecule has 3 rings (SSSR count). The monoisotopic (exact) mass is 246 g/mol. The highest BCUT2D eigenvalue weighted by Gasteiger charge is 2.21. The van der Waals surface area contributed by atoms with E-state index in [-0.39, 0.29) is 0 Å². The van der Waals surface area contributed by atoms with E-state index in [4.69, 9.17) is 10.5 Å². The number of nitrogens with two attached hydrogens (primary N) is 1. The fourth-order valence-corrected chi connectivity index (χ4v) is 3.03. The van der Waals surface area contributed by atoms with Gasteiger partial charge in [0.25, 0.3) is 0 Å². The Hall–Kier alpha value is -1.06. The Morgan fingerprint density at radius 2 is 2.22 bits per heavy atom. The van der Waals surface area contributed by atoms with Crippen LogP contribution in [0.25, 0.3) is 0 Å². The summed E-state index contributed by atoms with van der Waals surface area (Å²) in [5.41, 5.74) is 9.61. The maximum atomic E-state index is 5.87. The number of hydrogen-bond donors (Lipinski definition) is 1. The van der Waals surface area contributed by atoms with Gasteiger partial charge in [-0.15, -0.1) is 0 Å². The third-order valence-corrected chi connectivity index (χ3v) is 4.06. The smallest absolute Gasteiger partial charge is 0.0702 e. The topological polar surface area (TPSA) is 38.5 Å². The van der Waals surface area contributed by atoms with Crippen LogP contribution in [0.3, 0.4) is 0 Å². The fraction of sp³-hybridized carbons (Fsp3) is 0.600. The number of hydrogen-bond acceptors (Lipinski definition) is 3. The molecule has 0 spiro atoms. The number of nitrogen functional groups attached to an aromatic ring is 1. The van der Waals surface area contributed by atoms with E-state index >= 15 is 0 Å². The maximum Gasteiger partial charge on any atom is 0.0702 e. The van der Waals surface area contributed by atoms with Gasteiger partial charge in [0.05, 0.1) is 6.10 Å². The van der Waals surface area contributed by atoms with Crippen LogP contribution in [-0.2, 0) is 17.7 Å². The Morgan fingerprint density at radius 3 is 3.06 bits per heavy atom. The van der Waals surface area contributed by atoms with Crippen molar-refractivity contribution in [1.29, 1.82) is 0 Å². The predicted molar refractivity (Wildman–Crippen MR) is 73.4 cm³/mol. The van der Waals surface area contributed by atoms with Gasteiger partial charge in [0.1, 0.15) is 0 Å². The van der Waals surface area contributed by atoms with Gasteiger partial charge < -0.3 is 10.5 Å². The minimum absolute atomic E-state index is 0.446. The Bertz CT molecular complexity index is 413. The summed E-state index contributed by atoms with van der Waals surface area (Å²) in [6, 6.07) is 6.32. The van der Waals surface area contributed by atoms with Crippen LogP contribution in [0.1, 0.15) is 30.4 Å². The lowest BCUT2D eigenvalue weighted by molar-refractivity contribution is -0.00800. The summed E-state index contributed by atoms with van der Waals surface area (Å²) in [7, 11) is 0. The molecule has 1 aromatic carbocycles. The largest absolute Gasteiger partial charge is 0.399 e. The molecule has 0 aliphatic carbocycles. The molecule has 0 bridgehead atoms. The quantitative estimate of drug-likeness (QED) is 0.813. The van der Waals surface area contributed by atoms with Gasteiger partial charge in [0, 0.05) is 31.9 Å². The second-order valence-electron chi connectivity index (χ2n) is 5.50. The number of nitrogens with zero attached hydrogens (tertiary/aromatic N) is 1. The van der Waals surface area contributed by atoms with Crippen LogP contribution in [-0.4, -0.2) is 30.7 Å². The van der Waals surface area contributed by atoms with Gasteiger partial charge in [-0.2, -0.15) is 0 Å². The fourth-order valence-electron chi connectivity index (χ4n) is 3.03. The number of fused-ring (bicyclic) bond motifs is 1. The normalized spacial score (nSPS) is 24.8. The van der Waals surface area contributed by atoms with Crippen molar-refractivity contribution in [3.05, 3.63) is 29.3 Å². The lowest BCUT2D eigenvalue weighted by atomic mass is 9.98. The molecule has 3 nitrogen and oxygen atoms in total. The van der Waals surface area contributed by atoms with E-state index in [9.17, 15) is 0 Å². The molecule has 1 atom stereocenters. The van der Waals surface area contributed by atoms with Gasteiger partial charge in [-0.3, -0.25) is 4.90 Å². The van der Waals surface area contributed by atoms with E-state index in [1.165, 1.54) is 30.4 Å². The first-order chi connectivity index (χ1) is 8.81. The molecule has 0 aromatic heterocycles. The zero-order chi connectivity index (χ0) is 12.4. The summed E-state index contributed by atoms with van der Waals surface area (Å²) in [5.74, 6) is 0. The Labute approximate surface area is 109 Å². The van der Waals surface area contributed by atoms with Crippen molar-refractivity contribution in [3.63, 3.8) is 0 Å². The van der Waals surface area contributed by atoms with E-state index in [1.807, 2.05) is 6.07 Å². The molecule has 2 aliphatic rings. The van der Waals surface area contributed by atoms with E-state index in [0.29, 0.717) is 6.10 Å². The average Bonchev–Trinajstić information content (AvgIpc) is 2.39. The molecule has 1 fully saturated rings. The van der Waals surface area contributed by atoms with Crippen LogP contribution in [0.15, 0.2) is 18.2 Å². The third-order valence-electron chi connectivity index (χ3n) is 4.06. The van der Waals surface area contributed by atoms with Crippen molar-refractivity contribution < 1.29 is 4.74 Å². The van der Waals surface area contributed by atoms with Gasteiger partial charge in [0.15, 0.2) is 0 Å². The number of anilines is 1. The van der Waals surface area contributed by atoms with Crippen molar-refractivity contribution in [2.75, 3.05) is 25.4 Å². The van der Waals surface area contributed by atoms with Gasteiger partial charge in [-0.25, -0.2) is 0 Å². The first-order valence-electron chi connectivity index (χ1n) is 7.02. The highest BCUT2D eigenvalue weighted by atomic mass is 16.5. The van der Waals surface area contributed by atoms with Crippen molar-refractivity contribution >= 4 is 5.69 Å². The number of ether oxygens (including phenoxy) is 1. The second kappa shape index (κ2) is 5.29. The Kier molecular flexibility index (Phi) is 3.52. The van der Waals surface area contributed by atoms with Gasteiger partial charge in [-0.1, -0.05) is 6.07 Å². The molecule has 1 saturated heterocycles. The summed E-state index contributed by atoms with van der Waals surface area (Å²) >= 11 is 0. The molecule has 3 heteroatoms. The lowest BCUT2D eigenvalue weighted by Crippen LogP contribution is -2.38. The van der Waals surface area contributed by atoms with Crippen LogP contribution in [0, 0.1) is 0 Å². The number of benzene rings is 1. The highest BCUT2D eigenvalue weighted by molar-refractivity contribution is 5.45. The van der Waals surface area contributed by atoms with Crippen molar-refractivity contribution in [2.24, 2.45) is 0 Å². The summed E-state index contributed by atoms with van der Waals surface area (Å²) < 4.78 is 5.83. The van der Waals surface area contributed by atoms with Crippen LogP contribution >= 0.6 is 0 Å². The lowest BCUT2D eigenvalue weighted by Gasteiger charge is -2.33. The minimum atomic E-state index is 0.446. The molecule has 18 heavy (non-hydrogen) atoms. The van der Waals surface area contributed by atoms with Crippen LogP contribution in [0.5, 0.6) is 0 Å². The molecule has 1 unspecified atom stereocenters. The zero-order valence-electron chi connectivity index (χ0n) is 10.9. The second-order valence-corrected chi connectivity index (χ2v) is 5.50. The molecule has 98 valence electrons. The van der Waals surface area contributed by atoms with Gasteiger partial charge in [-0.05, 0) is 48.9 Å². The molecule has 2 heterocycles. The van der Waals surface area contributed by atoms with E-state index in [1.54, 1.807) is 0 Å². The third kappa shape index (κ3) is 2.68. The standard InChI is InChI=1S/C15H22N2O/c16-14-5-4-12-6-7-17(10-13(12)9-14)11-15-3-1-2-8-18-15/h4-5,9,15H,1-3,6-8,10-11,16H2. The minimum Gasteiger partial charge on any atom is -0.399 e. The maximum absolute atomic E-state index is 5.87. The molecule has 2 N–H and O–H groups in total. The Morgan fingerprint density at radius 1 is 1.28 bits per heavy atom. The molecule has 0 saturated carbocycles. The molecule has 0 amide bonds. The van der Waals surface area contributed by atoms with Crippen LogP contribution in [0.2, 0.25) is 0 Å². The molecular formula is C15H22N2O. The van der Waals surface area contributed by atoms with Crippen molar-refractivity contribution in [2.45, 2.75) is 38.3 Å². The molecule has 0 radical (unpaired) electrons. The number of rotatable bonds is 2. The first-order valence-corrected chi connectivity index (χ1v) is 7.02. The zero-order valence-corrected chi connectivity index (χ0v) is 10.9. The van der Waals surface area contributed by atoms with Crippen LogP contribution < -0.4 is 5.73 Å². The predicted octanol–water partition coefficient (Wildman–Crippen LogP) is 2.20. The molecule has 2 aliphatic heterocycles.